The largest absolute Gasteiger partial charge is 0.493 e. The number of ether oxygens (including phenoxy) is 2. The molecule has 3 aromatic rings. The van der Waals surface area contributed by atoms with Gasteiger partial charge in [0.25, 0.3) is 0 Å². The molecular weight excluding hydrogens is 359 g/mol. The van der Waals surface area contributed by atoms with Gasteiger partial charge in [-0.2, -0.15) is 0 Å². The molecule has 0 unspecified atom stereocenters. The Morgan fingerprint density at radius 2 is 1.88 bits per heavy atom. The van der Waals surface area contributed by atoms with E-state index in [9.17, 15) is 4.39 Å². The number of nitrogens with zero attached hydrogens (tertiary/aromatic N) is 2. The number of hydrogen-bond acceptors (Lipinski definition) is 6. The van der Waals surface area contributed by atoms with Gasteiger partial charge in [0.05, 0.1) is 25.4 Å². The van der Waals surface area contributed by atoms with E-state index >= 15 is 0 Å². The average molecular weight is 377 g/mol. The Morgan fingerprint density at radius 3 is 2.65 bits per heavy atom. The van der Waals surface area contributed by atoms with E-state index in [0.717, 1.165) is 17.6 Å². The second-order valence-electron chi connectivity index (χ2n) is 5.70. The van der Waals surface area contributed by atoms with Crippen LogP contribution in [-0.4, -0.2) is 30.7 Å². The van der Waals surface area contributed by atoms with Crippen LogP contribution in [0, 0.1) is 5.82 Å². The molecule has 0 bridgehead atoms. The van der Waals surface area contributed by atoms with Crippen LogP contribution < -0.4 is 20.1 Å². The molecule has 0 fully saturated rings. The van der Waals surface area contributed by atoms with Crippen molar-refractivity contribution in [2.75, 3.05) is 31.4 Å². The Hall–Kier alpha value is -2.80. The molecule has 0 spiro atoms. The summed E-state index contributed by atoms with van der Waals surface area (Å²) >= 11 is 0. The molecule has 2 N–H and O–H groups in total. The molecule has 26 heavy (non-hydrogen) atoms. The number of anilines is 3. The third-order valence-corrected chi connectivity index (χ3v) is 4.33. The highest BCUT2D eigenvalue weighted by Gasteiger charge is 2.19. The zero-order valence-corrected chi connectivity index (χ0v) is 15.1. The van der Waals surface area contributed by atoms with Crippen LogP contribution in [0.4, 0.5) is 21.6 Å². The number of halogens is 2. The maximum Gasteiger partial charge on any atom is 0.162 e. The van der Waals surface area contributed by atoms with Crippen LogP contribution in [0.5, 0.6) is 11.5 Å². The SMILES string of the molecule is COc1cc2ncnc(Nc3ccc4c(c3F)CCN4)c2cc1OC.Cl. The van der Waals surface area contributed by atoms with E-state index in [4.69, 9.17) is 9.47 Å². The lowest BCUT2D eigenvalue weighted by molar-refractivity contribution is 0.356. The molecule has 6 nitrogen and oxygen atoms in total. The van der Waals surface area contributed by atoms with E-state index in [1.807, 2.05) is 6.07 Å². The predicted octanol–water partition coefficient (Wildman–Crippen LogP) is 3.92. The summed E-state index contributed by atoms with van der Waals surface area (Å²) in [6.45, 7) is 0.753. The number of nitrogens with one attached hydrogen (secondary N) is 2. The molecule has 0 aliphatic carbocycles. The van der Waals surface area contributed by atoms with Crippen LogP contribution in [0.3, 0.4) is 0 Å². The monoisotopic (exact) mass is 376 g/mol. The second kappa shape index (κ2) is 7.21. The van der Waals surface area contributed by atoms with Crippen LogP contribution in [0.1, 0.15) is 5.56 Å². The number of fused-ring (bicyclic) bond motifs is 2. The molecule has 1 aliphatic rings. The summed E-state index contributed by atoms with van der Waals surface area (Å²) in [5.74, 6) is 1.39. The van der Waals surface area contributed by atoms with Crippen LogP contribution >= 0.6 is 12.4 Å². The highest BCUT2D eigenvalue weighted by Crippen LogP contribution is 2.36. The standard InChI is InChI=1S/C18H17FN4O2.ClH/c1-24-15-7-11-14(8-16(15)25-2)21-9-22-18(11)23-13-4-3-12-10(17(13)19)5-6-20-12;/h3-4,7-9,20H,5-6H2,1-2H3,(H,21,22,23);1H. The van der Waals surface area contributed by atoms with Crippen molar-refractivity contribution in [1.82, 2.24) is 9.97 Å². The van der Waals surface area contributed by atoms with Crippen molar-refractivity contribution in [2.45, 2.75) is 6.42 Å². The van der Waals surface area contributed by atoms with Gasteiger partial charge >= 0.3 is 0 Å². The van der Waals surface area contributed by atoms with Crippen molar-refractivity contribution >= 4 is 40.5 Å². The maximum absolute atomic E-state index is 14.7. The van der Waals surface area contributed by atoms with Gasteiger partial charge in [-0.05, 0) is 24.6 Å². The smallest absolute Gasteiger partial charge is 0.162 e. The number of hydrogen-bond donors (Lipinski definition) is 2. The summed E-state index contributed by atoms with van der Waals surface area (Å²) in [4.78, 5) is 8.52. The third kappa shape index (κ3) is 2.94. The lowest BCUT2D eigenvalue weighted by Crippen LogP contribution is -2.01. The maximum atomic E-state index is 14.7. The number of aromatic nitrogens is 2. The fourth-order valence-corrected chi connectivity index (χ4v) is 3.06. The van der Waals surface area contributed by atoms with Gasteiger partial charge in [0.2, 0.25) is 0 Å². The molecule has 2 aromatic carbocycles. The Kier molecular flexibility index (Phi) is 4.99. The zero-order chi connectivity index (χ0) is 17.4. The minimum Gasteiger partial charge on any atom is -0.493 e. The minimum absolute atomic E-state index is 0. The summed E-state index contributed by atoms with van der Waals surface area (Å²) in [6, 6.07) is 7.13. The summed E-state index contributed by atoms with van der Waals surface area (Å²) in [5.41, 5.74) is 2.61. The van der Waals surface area contributed by atoms with Crippen LogP contribution in [-0.2, 0) is 6.42 Å². The Labute approximate surface area is 156 Å². The molecule has 1 aromatic heterocycles. The van der Waals surface area contributed by atoms with E-state index in [-0.39, 0.29) is 18.2 Å². The minimum atomic E-state index is -0.255. The highest BCUT2D eigenvalue weighted by atomic mass is 35.5. The summed E-state index contributed by atoms with van der Waals surface area (Å²) in [7, 11) is 3.13. The molecule has 0 atom stereocenters. The van der Waals surface area contributed by atoms with Gasteiger partial charge in [-0.3, -0.25) is 0 Å². The second-order valence-corrected chi connectivity index (χ2v) is 5.70. The molecule has 0 radical (unpaired) electrons. The van der Waals surface area contributed by atoms with Crippen molar-refractivity contribution in [2.24, 2.45) is 0 Å². The first-order chi connectivity index (χ1) is 12.2. The normalized spacial score (nSPS) is 12.1. The number of methoxy groups -OCH3 is 2. The van der Waals surface area contributed by atoms with Gasteiger partial charge in [0.15, 0.2) is 17.3 Å². The molecule has 1 aliphatic heterocycles. The van der Waals surface area contributed by atoms with E-state index in [1.54, 1.807) is 32.4 Å². The number of benzene rings is 2. The molecule has 0 saturated carbocycles. The van der Waals surface area contributed by atoms with Crippen molar-refractivity contribution in [3.63, 3.8) is 0 Å². The summed E-state index contributed by atoms with van der Waals surface area (Å²) < 4.78 is 25.4. The van der Waals surface area contributed by atoms with Crippen LogP contribution in [0.15, 0.2) is 30.6 Å². The molecule has 4 rings (SSSR count). The van der Waals surface area contributed by atoms with Gasteiger partial charge in [-0.25, -0.2) is 14.4 Å². The van der Waals surface area contributed by atoms with E-state index in [2.05, 4.69) is 20.6 Å². The van der Waals surface area contributed by atoms with E-state index < -0.39 is 0 Å². The van der Waals surface area contributed by atoms with E-state index in [1.165, 1.54) is 6.33 Å². The fraction of sp³-hybridized carbons (Fsp3) is 0.222. The van der Waals surface area contributed by atoms with Crippen LogP contribution in [0.25, 0.3) is 10.9 Å². The van der Waals surface area contributed by atoms with Gasteiger partial charge < -0.3 is 20.1 Å². The number of rotatable bonds is 4. The molecule has 8 heteroatoms. The average Bonchev–Trinajstić information content (AvgIpc) is 3.12. The first kappa shape index (κ1) is 18.0. The predicted molar refractivity (Wildman–Crippen MR) is 102 cm³/mol. The Balaban J connectivity index is 0.00000196. The quantitative estimate of drug-likeness (QED) is 0.719. The fourth-order valence-electron chi connectivity index (χ4n) is 3.06. The summed E-state index contributed by atoms with van der Waals surface area (Å²) in [5, 5.41) is 6.97. The van der Waals surface area contributed by atoms with Gasteiger partial charge in [0, 0.05) is 29.2 Å². The molecule has 2 heterocycles. The molecule has 0 saturated heterocycles. The van der Waals surface area contributed by atoms with Crippen LogP contribution in [0.2, 0.25) is 0 Å². The zero-order valence-electron chi connectivity index (χ0n) is 14.3. The van der Waals surface area contributed by atoms with Gasteiger partial charge in [0.1, 0.15) is 12.1 Å². The first-order valence-electron chi connectivity index (χ1n) is 7.90. The lowest BCUT2D eigenvalue weighted by atomic mass is 10.1. The van der Waals surface area contributed by atoms with Gasteiger partial charge in [-0.15, -0.1) is 12.4 Å². The van der Waals surface area contributed by atoms with Crippen molar-refractivity contribution in [3.05, 3.63) is 42.0 Å². The first-order valence-corrected chi connectivity index (χ1v) is 7.90. The Morgan fingerprint density at radius 1 is 1.12 bits per heavy atom. The molecular formula is C18H18ClFN4O2. The topological polar surface area (TPSA) is 68.3 Å². The Bertz CT molecular complexity index is 968. The molecule has 136 valence electrons. The lowest BCUT2D eigenvalue weighted by Gasteiger charge is -2.13. The van der Waals surface area contributed by atoms with Crippen molar-refractivity contribution in [3.8, 4) is 11.5 Å². The van der Waals surface area contributed by atoms with Crippen molar-refractivity contribution < 1.29 is 13.9 Å². The third-order valence-electron chi connectivity index (χ3n) is 4.33. The highest BCUT2D eigenvalue weighted by molar-refractivity contribution is 5.93. The van der Waals surface area contributed by atoms with E-state index in [0.29, 0.717) is 40.5 Å². The van der Waals surface area contributed by atoms with Crippen molar-refractivity contribution in [1.29, 1.82) is 0 Å². The summed E-state index contributed by atoms with van der Waals surface area (Å²) in [6.07, 6.45) is 2.11. The molecule has 0 amide bonds. The van der Waals surface area contributed by atoms with Gasteiger partial charge in [-0.1, -0.05) is 0 Å².